The van der Waals surface area contributed by atoms with E-state index in [1.807, 2.05) is 0 Å². The highest BCUT2D eigenvalue weighted by Crippen LogP contribution is 2.03. The second-order valence-electron chi connectivity index (χ2n) is 2.62. The first-order valence-electron chi connectivity index (χ1n) is 3.87. The minimum Gasteiger partial charge on any atom is -0.469 e. The molecule has 5 heteroatoms. The first kappa shape index (κ1) is 8.83. The first-order chi connectivity index (χ1) is 5.72. The van der Waals surface area contributed by atoms with Crippen LogP contribution in [-0.2, 0) is 9.53 Å². The number of amidine groups is 1. The summed E-state index contributed by atoms with van der Waals surface area (Å²) in [4.78, 5) is 10.7. The Morgan fingerprint density at radius 3 is 3.08 bits per heavy atom. The van der Waals surface area contributed by atoms with Crippen LogP contribution < -0.4 is 5.73 Å². The summed E-state index contributed by atoms with van der Waals surface area (Å²) in [5.41, 5.74) is 5.46. The standard InChI is InChI=1S/C7H13N3O2/c1-12-7(11)3-5-10-4-2-6(8)9-10/h2-5H2,1H3,(H2,8,9). The van der Waals surface area contributed by atoms with Crippen molar-refractivity contribution in [1.82, 2.24) is 5.01 Å². The summed E-state index contributed by atoms with van der Waals surface area (Å²) in [6.07, 6.45) is 1.16. The van der Waals surface area contributed by atoms with Crippen LogP contribution in [0.1, 0.15) is 12.8 Å². The van der Waals surface area contributed by atoms with E-state index in [1.54, 1.807) is 5.01 Å². The number of ether oxygens (including phenoxy) is 1. The van der Waals surface area contributed by atoms with Gasteiger partial charge >= 0.3 is 5.97 Å². The highest BCUT2D eigenvalue weighted by atomic mass is 16.5. The molecule has 0 radical (unpaired) electrons. The van der Waals surface area contributed by atoms with Crippen molar-refractivity contribution >= 4 is 11.8 Å². The van der Waals surface area contributed by atoms with E-state index in [2.05, 4.69) is 9.84 Å². The van der Waals surface area contributed by atoms with Gasteiger partial charge in [0.05, 0.1) is 13.5 Å². The molecule has 1 heterocycles. The van der Waals surface area contributed by atoms with Crippen LogP contribution in [0, 0.1) is 0 Å². The molecule has 0 atom stereocenters. The third kappa shape index (κ3) is 2.41. The normalized spacial score (nSPS) is 16.1. The van der Waals surface area contributed by atoms with Gasteiger partial charge in [-0.25, -0.2) is 0 Å². The molecule has 0 aliphatic carbocycles. The van der Waals surface area contributed by atoms with Gasteiger partial charge < -0.3 is 10.5 Å². The number of carbonyl (C=O) groups is 1. The molecule has 0 aromatic heterocycles. The van der Waals surface area contributed by atoms with Gasteiger partial charge in [-0.15, -0.1) is 0 Å². The quantitative estimate of drug-likeness (QED) is 0.583. The molecular weight excluding hydrogens is 158 g/mol. The molecule has 0 saturated carbocycles. The lowest BCUT2D eigenvalue weighted by Crippen LogP contribution is -2.18. The van der Waals surface area contributed by atoms with Crippen molar-refractivity contribution < 1.29 is 9.53 Å². The number of carbonyl (C=O) groups excluding carboxylic acids is 1. The maximum absolute atomic E-state index is 10.7. The SMILES string of the molecule is COC(=O)CCN1CCC(N)=N1. The van der Waals surface area contributed by atoms with Gasteiger partial charge in [-0.3, -0.25) is 9.80 Å². The molecule has 1 aliphatic heterocycles. The molecule has 0 saturated heterocycles. The average molecular weight is 171 g/mol. The van der Waals surface area contributed by atoms with Crippen molar-refractivity contribution in [2.24, 2.45) is 10.8 Å². The van der Waals surface area contributed by atoms with Gasteiger partial charge in [0, 0.05) is 19.5 Å². The summed E-state index contributed by atoms with van der Waals surface area (Å²) >= 11 is 0. The van der Waals surface area contributed by atoms with E-state index >= 15 is 0 Å². The van der Waals surface area contributed by atoms with Gasteiger partial charge in [-0.05, 0) is 0 Å². The van der Waals surface area contributed by atoms with E-state index in [9.17, 15) is 4.79 Å². The minimum atomic E-state index is -0.212. The van der Waals surface area contributed by atoms with Gasteiger partial charge in [-0.2, -0.15) is 5.10 Å². The second kappa shape index (κ2) is 3.94. The summed E-state index contributed by atoms with van der Waals surface area (Å²) in [5, 5.41) is 5.80. The highest BCUT2D eigenvalue weighted by Gasteiger charge is 2.12. The Kier molecular flexibility index (Phi) is 2.90. The van der Waals surface area contributed by atoms with Crippen molar-refractivity contribution in [3.63, 3.8) is 0 Å². The molecule has 2 N–H and O–H groups in total. The molecule has 12 heavy (non-hydrogen) atoms. The molecule has 0 aromatic rings. The predicted octanol–water partition coefficient (Wildman–Crippen LogP) is -0.473. The largest absolute Gasteiger partial charge is 0.469 e. The van der Waals surface area contributed by atoms with Crippen LogP contribution >= 0.6 is 0 Å². The number of rotatable bonds is 3. The molecule has 0 unspecified atom stereocenters. The Morgan fingerprint density at radius 2 is 2.58 bits per heavy atom. The third-order valence-electron chi connectivity index (χ3n) is 1.70. The maximum atomic E-state index is 10.7. The van der Waals surface area contributed by atoms with Crippen LogP contribution in [0.5, 0.6) is 0 Å². The topological polar surface area (TPSA) is 67.9 Å². The van der Waals surface area contributed by atoms with Crippen molar-refractivity contribution in [3.05, 3.63) is 0 Å². The Morgan fingerprint density at radius 1 is 1.83 bits per heavy atom. The van der Waals surface area contributed by atoms with Crippen molar-refractivity contribution in [1.29, 1.82) is 0 Å². The minimum absolute atomic E-state index is 0.212. The number of hydrogen-bond acceptors (Lipinski definition) is 5. The van der Waals surface area contributed by atoms with Crippen LogP contribution in [0.4, 0.5) is 0 Å². The predicted molar refractivity (Wildman–Crippen MR) is 44.4 cm³/mol. The zero-order valence-electron chi connectivity index (χ0n) is 7.12. The van der Waals surface area contributed by atoms with E-state index in [0.29, 0.717) is 18.8 Å². The first-order valence-corrected chi connectivity index (χ1v) is 3.87. The van der Waals surface area contributed by atoms with Crippen LogP contribution in [0.25, 0.3) is 0 Å². The number of esters is 1. The Hall–Kier alpha value is -1.26. The van der Waals surface area contributed by atoms with Gasteiger partial charge in [-0.1, -0.05) is 0 Å². The molecule has 0 amide bonds. The fourth-order valence-corrected chi connectivity index (χ4v) is 1.01. The van der Waals surface area contributed by atoms with Crippen LogP contribution in [-0.4, -0.2) is 37.0 Å². The van der Waals surface area contributed by atoms with Gasteiger partial charge in [0.15, 0.2) is 0 Å². The summed E-state index contributed by atoms with van der Waals surface area (Å²) in [5.74, 6) is 0.426. The van der Waals surface area contributed by atoms with Gasteiger partial charge in [0.2, 0.25) is 0 Å². The van der Waals surface area contributed by atoms with E-state index < -0.39 is 0 Å². The molecule has 1 aliphatic rings. The van der Waals surface area contributed by atoms with E-state index in [4.69, 9.17) is 5.73 Å². The van der Waals surface area contributed by atoms with Gasteiger partial charge in [0.25, 0.3) is 0 Å². The second-order valence-corrected chi connectivity index (χ2v) is 2.62. The van der Waals surface area contributed by atoms with E-state index in [1.165, 1.54) is 7.11 Å². The molecule has 0 spiro atoms. The van der Waals surface area contributed by atoms with Crippen molar-refractivity contribution in [2.45, 2.75) is 12.8 Å². The molecule has 5 nitrogen and oxygen atoms in total. The molecule has 0 bridgehead atoms. The van der Waals surface area contributed by atoms with Crippen molar-refractivity contribution in [3.8, 4) is 0 Å². The maximum Gasteiger partial charge on any atom is 0.307 e. The number of hydrogen-bond donors (Lipinski definition) is 1. The summed E-state index contributed by atoms with van der Waals surface area (Å²) in [6.45, 7) is 1.40. The monoisotopic (exact) mass is 171 g/mol. The Bertz CT molecular complexity index is 203. The zero-order valence-corrected chi connectivity index (χ0v) is 7.12. The smallest absolute Gasteiger partial charge is 0.307 e. The lowest BCUT2D eigenvalue weighted by atomic mass is 10.4. The van der Waals surface area contributed by atoms with Crippen LogP contribution in [0.2, 0.25) is 0 Å². The number of methoxy groups -OCH3 is 1. The van der Waals surface area contributed by atoms with E-state index in [-0.39, 0.29) is 5.97 Å². The van der Waals surface area contributed by atoms with E-state index in [0.717, 1.165) is 13.0 Å². The fourth-order valence-electron chi connectivity index (χ4n) is 1.01. The number of hydrazone groups is 1. The third-order valence-corrected chi connectivity index (χ3v) is 1.70. The van der Waals surface area contributed by atoms with Crippen LogP contribution in [0.15, 0.2) is 5.10 Å². The zero-order chi connectivity index (χ0) is 8.97. The Balaban J connectivity index is 2.20. The summed E-state index contributed by atoms with van der Waals surface area (Å²) in [7, 11) is 1.38. The highest BCUT2D eigenvalue weighted by molar-refractivity contribution is 5.81. The summed E-state index contributed by atoms with van der Waals surface area (Å²) in [6, 6.07) is 0. The molecule has 0 aromatic carbocycles. The van der Waals surface area contributed by atoms with Crippen molar-refractivity contribution in [2.75, 3.05) is 20.2 Å². The molecule has 0 fully saturated rings. The molecule has 1 rings (SSSR count). The number of nitrogens with two attached hydrogens (primary N) is 1. The molecule has 68 valence electrons. The van der Waals surface area contributed by atoms with Crippen LogP contribution in [0.3, 0.4) is 0 Å². The summed E-state index contributed by atoms with van der Waals surface area (Å²) < 4.78 is 4.49. The average Bonchev–Trinajstić information content (AvgIpc) is 2.47. The Labute approximate surface area is 71.2 Å². The lowest BCUT2D eigenvalue weighted by molar-refractivity contribution is -0.140. The van der Waals surface area contributed by atoms with Gasteiger partial charge in [0.1, 0.15) is 5.84 Å². The fraction of sp³-hybridized carbons (Fsp3) is 0.714. The number of nitrogens with zero attached hydrogens (tertiary/aromatic N) is 2. The molecular formula is C7H13N3O2. The lowest BCUT2D eigenvalue weighted by Gasteiger charge is -2.11.